The summed E-state index contributed by atoms with van der Waals surface area (Å²) in [5.41, 5.74) is 1.22. The monoisotopic (exact) mass is 245 g/mol. The smallest absolute Gasteiger partial charge is 0.357 e. The van der Waals surface area contributed by atoms with Crippen LogP contribution in [0, 0.1) is 0 Å². The molecule has 5 nitrogen and oxygen atoms in total. The largest absolute Gasteiger partial charge is 0.465 e. The number of rotatable bonds is 2. The van der Waals surface area contributed by atoms with Gasteiger partial charge in [0.05, 0.1) is 19.9 Å². The van der Waals surface area contributed by atoms with Crippen molar-refractivity contribution in [3.8, 4) is 11.3 Å². The van der Waals surface area contributed by atoms with E-state index < -0.39 is 11.9 Å². The summed E-state index contributed by atoms with van der Waals surface area (Å²) < 4.78 is 9.30. The van der Waals surface area contributed by atoms with E-state index >= 15 is 0 Å². The lowest BCUT2D eigenvalue weighted by molar-refractivity contribution is 0.0553. The van der Waals surface area contributed by atoms with E-state index in [0.717, 1.165) is 0 Å². The molecule has 0 saturated carbocycles. The molecule has 0 bridgehead atoms. The lowest BCUT2D eigenvalue weighted by atomic mass is 10.1. The van der Waals surface area contributed by atoms with Gasteiger partial charge in [-0.05, 0) is 6.07 Å². The molecule has 0 fully saturated rings. The van der Waals surface area contributed by atoms with Crippen molar-refractivity contribution < 1.29 is 19.1 Å². The Morgan fingerprint density at radius 1 is 1.00 bits per heavy atom. The van der Waals surface area contributed by atoms with Gasteiger partial charge in [0, 0.05) is 5.56 Å². The van der Waals surface area contributed by atoms with Gasteiger partial charge in [0.25, 0.3) is 0 Å². The molecule has 18 heavy (non-hydrogen) atoms. The Labute approximate surface area is 104 Å². The fraction of sp³-hybridized carbons (Fsp3) is 0.154. The van der Waals surface area contributed by atoms with Gasteiger partial charge in [-0.2, -0.15) is 0 Å². The molecular formula is C13H11NO4. The number of nitrogens with zero attached hydrogens (tertiary/aromatic N) is 1. The van der Waals surface area contributed by atoms with Crippen LogP contribution >= 0.6 is 0 Å². The first-order valence-electron chi connectivity index (χ1n) is 5.24. The average Bonchev–Trinajstić information content (AvgIpc) is 2.60. The zero-order chi connectivity index (χ0) is 13.1. The summed E-state index contributed by atoms with van der Waals surface area (Å²) in [5, 5.41) is 0. The van der Waals surface area contributed by atoms with Crippen LogP contribution in [0.25, 0.3) is 11.3 Å². The molecule has 0 saturated heterocycles. The van der Waals surface area contributed by atoms with Crippen molar-refractivity contribution in [2.45, 2.75) is 0 Å². The summed E-state index contributed by atoms with van der Waals surface area (Å²) in [6.07, 6.45) is 0. The zero-order valence-corrected chi connectivity index (χ0v) is 9.97. The van der Waals surface area contributed by atoms with Gasteiger partial charge in [-0.1, -0.05) is 24.3 Å². The predicted molar refractivity (Wildman–Crippen MR) is 63.5 cm³/mol. The number of hydrogen-bond acceptors (Lipinski definition) is 5. The Hall–Kier alpha value is -2.43. The second-order valence-electron chi connectivity index (χ2n) is 3.53. The van der Waals surface area contributed by atoms with Crippen molar-refractivity contribution >= 4 is 11.9 Å². The molecule has 0 spiro atoms. The van der Waals surface area contributed by atoms with Crippen LogP contribution < -0.4 is 0 Å². The van der Waals surface area contributed by atoms with Crippen molar-refractivity contribution in [2.75, 3.05) is 14.2 Å². The Balaban J connectivity index is 2.73. The van der Waals surface area contributed by atoms with Gasteiger partial charge in [0.1, 0.15) is 5.56 Å². The van der Waals surface area contributed by atoms with E-state index in [-0.39, 0.29) is 11.3 Å². The topological polar surface area (TPSA) is 65.5 Å². The van der Waals surface area contributed by atoms with E-state index in [1.807, 2.05) is 0 Å². The Kier molecular flexibility index (Phi) is 3.23. The van der Waals surface area contributed by atoms with Gasteiger partial charge in [-0.3, -0.25) is 0 Å². The fourth-order valence-corrected chi connectivity index (χ4v) is 1.70. The highest BCUT2D eigenvalue weighted by molar-refractivity contribution is 6.07. The molecule has 0 N–H and O–H groups in total. The first-order chi connectivity index (χ1) is 8.69. The van der Waals surface area contributed by atoms with Crippen LogP contribution in [0.3, 0.4) is 0 Å². The van der Waals surface area contributed by atoms with Gasteiger partial charge in [0.15, 0.2) is 5.69 Å². The Bertz CT molecular complexity index is 579. The summed E-state index contributed by atoms with van der Waals surface area (Å²) in [6, 6.07) is 8.77. The molecule has 0 aromatic heterocycles. The quantitative estimate of drug-likeness (QED) is 0.754. The molecular weight excluding hydrogens is 234 g/mol. The Morgan fingerprint density at radius 3 is 2.33 bits per heavy atom. The molecule has 0 radical (unpaired) electrons. The summed E-state index contributed by atoms with van der Waals surface area (Å²) in [7, 11) is 2.49. The lowest BCUT2D eigenvalue weighted by Crippen LogP contribution is -2.10. The van der Waals surface area contributed by atoms with Crippen LogP contribution in [0.15, 0.2) is 30.3 Å². The molecule has 92 valence electrons. The van der Waals surface area contributed by atoms with Crippen molar-refractivity contribution in [3.63, 3.8) is 0 Å². The summed E-state index contributed by atoms with van der Waals surface area (Å²) in [4.78, 5) is 27.5. The molecule has 0 unspecified atom stereocenters. The molecule has 0 aromatic rings. The molecule has 0 amide bonds. The van der Waals surface area contributed by atoms with Gasteiger partial charge >= 0.3 is 11.9 Å². The van der Waals surface area contributed by atoms with Gasteiger partial charge in [0.2, 0.25) is 0 Å². The second kappa shape index (κ2) is 4.83. The number of fused-ring (bicyclic) bond motifs is 1. The van der Waals surface area contributed by atoms with E-state index in [1.165, 1.54) is 14.2 Å². The molecule has 1 aliphatic carbocycles. The SMILES string of the molecule is COC(=O)c1nc2cccccc-2c1C(=O)OC. The number of carbonyl (C=O) groups is 2. The minimum Gasteiger partial charge on any atom is -0.465 e. The number of aromatic nitrogens is 1. The van der Waals surface area contributed by atoms with E-state index in [9.17, 15) is 9.59 Å². The number of ether oxygens (including phenoxy) is 2. The lowest BCUT2D eigenvalue weighted by Gasteiger charge is -2.00. The standard InChI is InChI=1S/C13H11NO4/c1-17-12(15)10-8-6-4-3-5-7-9(8)14-11(10)13(16)18-2/h3-7H,1-2H3. The summed E-state index contributed by atoms with van der Waals surface area (Å²) >= 11 is 0. The maximum Gasteiger partial charge on any atom is 0.357 e. The first-order valence-corrected chi connectivity index (χ1v) is 5.24. The van der Waals surface area contributed by atoms with Crippen LogP contribution in [0.2, 0.25) is 0 Å². The van der Waals surface area contributed by atoms with Crippen LogP contribution in [-0.4, -0.2) is 31.1 Å². The first kappa shape index (κ1) is 12.0. The molecule has 2 rings (SSSR count). The zero-order valence-electron chi connectivity index (χ0n) is 9.97. The van der Waals surface area contributed by atoms with Gasteiger partial charge in [-0.15, -0.1) is 0 Å². The van der Waals surface area contributed by atoms with Crippen molar-refractivity contribution in [1.29, 1.82) is 0 Å². The van der Waals surface area contributed by atoms with Crippen molar-refractivity contribution in [3.05, 3.63) is 41.6 Å². The number of methoxy groups -OCH3 is 2. The van der Waals surface area contributed by atoms with Crippen LogP contribution in [0.4, 0.5) is 0 Å². The molecule has 0 aromatic carbocycles. The molecule has 2 aliphatic rings. The Morgan fingerprint density at radius 2 is 1.67 bits per heavy atom. The summed E-state index contributed by atoms with van der Waals surface area (Å²) in [5.74, 6) is -1.27. The molecule has 1 aliphatic heterocycles. The third kappa shape index (κ3) is 1.90. The number of esters is 2. The highest BCUT2D eigenvalue weighted by Crippen LogP contribution is 2.28. The number of hydrogen-bond donors (Lipinski definition) is 0. The van der Waals surface area contributed by atoms with E-state index in [2.05, 4.69) is 14.5 Å². The minimum absolute atomic E-state index is 0.0226. The van der Waals surface area contributed by atoms with Gasteiger partial charge < -0.3 is 9.47 Å². The third-order valence-electron chi connectivity index (χ3n) is 2.52. The molecule has 1 heterocycles. The number of carbonyl (C=O) groups excluding carboxylic acids is 2. The predicted octanol–water partition coefficient (Wildman–Crippen LogP) is 1.76. The van der Waals surface area contributed by atoms with Gasteiger partial charge in [-0.25, -0.2) is 14.6 Å². The van der Waals surface area contributed by atoms with Crippen LogP contribution in [0.5, 0.6) is 0 Å². The van der Waals surface area contributed by atoms with Crippen molar-refractivity contribution in [2.24, 2.45) is 0 Å². The maximum absolute atomic E-state index is 11.8. The van der Waals surface area contributed by atoms with Crippen molar-refractivity contribution in [1.82, 2.24) is 4.98 Å². The summed E-state index contributed by atoms with van der Waals surface area (Å²) in [6.45, 7) is 0. The highest BCUT2D eigenvalue weighted by atomic mass is 16.5. The normalized spacial score (nSPS) is 10.1. The average molecular weight is 245 g/mol. The second-order valence-corrected chi connectivity index (χ2v) is 3.53. The fourth-order valence-electron chi connectivity index (χ4n) is 1.70. The highest BCUT2D eigenvalue weighted by Gasteiger charge is 2.28. The maximum atomic E-state index is 11.8. The third-order valence-corrected chi connectivity index (χ3v) is 2.52. The van der Waals surface area contributed by atoms with Crippen LogP contribution in [0.1, 0.15) is 20.8 Å². The molecule has 0 atom stereocenters. The van der Waals surface area contributed by atoms with E-state index in [0.29, 0.717) is 11.3 Å². The molecule has 5 heteroatoms. The van der Waals surface area contributed by atoms with E-state index in [1.54, 1.807) is 30.3 Å². The van der Waals surface area contributed by atoms with E-state index in [4.69, 9.17) is 0 Å². The minimum atomic E-state index is -0.658. The van der Waals surface area contributed by atoms with Crippen LogP contribution in [-0.2, 0) is 9.47 Å².